The van der Waals surface area contributed by atoms with E-state index in [0.717, 1.165) is 56.6 Å². The molecule has 1 aliphatic carbocycles. The number of aryl methyl sites for hydroxylation is 2. The van der Waals surface area contributed by atoms with Crippen LogP contribution in [-0.2, 0) is 19.4 Å². The fraction of sp³-hybridized carbons (Fsp3) is 0.409. The predicted octanol–water partition coefficient (Wildman–Crippen LogP) is 2.24. The highest BCUT2D eigenvalue weighted by Gasteiger charge is 2.29. The van der Waals surface area contributed by atoms with E-state index >= 15 is 0 Å². The summed E-state index contributed by atoms with van der Waals surface area (Å²) in [5.41, 5.74) is 2.83. The monoisotopic (exact) mass is 401 g/mol. The van der Waals surface area contributed by atoms with Crippen LogP contribution in [0.25, 0.3) is 5.82 Å². The third kappa shape index (κ3) is 3.36. The van der Waals surface area contributed by atoms with Gasteiger partial charge in [-0.05, 0) is 56.2 Å². The van der Waals surface area contributed by atoms with Crippen LogP contribution in [-0.4, -0.2) is 36.9 Å². The standard InChI is InChI=1S/C22H23N7O/c23-13-17-12-16-4-1-2-6-19(16)25-22(17)28-10-3-5-18(28)14-29-21(30)8-7-20(26-29)27-11-9-24-15-27/h7-9,11-12,15,18H,1-6,10,14H2. The van der Waals surface area contributed by atoms with Gasteiger partial charge in [0.15, 0.2) is 5.82 Å². The molecule has 0 amide bonds. The van der Waals surface area contributed by atoms with Crippen molar-refractivity contribution < 1.29 is 0 Å². The number of imidazole rings is 1. The van der Waals surface area contributed by atoms with E-state index in [1.165, 1.54) is 10.2 Å². The largest absolute Gasteiger partial charge is 0.351 e. The lowest BCUT2D eigenvalue weighted by Crippen LogP contribution is -2.38. The molecule has 1 saturated heterocycles. The Hall–Kier alpha value is -3.47. The number of pyridine rings is 1. The van der Waals surface area contributed by atoms with E-state index < -0.39 is 0 Å². The number of anilines is 1. The molecule has 1 aliphatic heterocycles. The van der Waals surface area contributed by atoms with Gasteiger partial charge in [0.25, 0.3) is 5.56 Å². The van der Waals surface area contributed by atoms with Gasteiger partial charge < -0.3 is 4.90 Å². The third-order valence-corrected chi connectivity index (χ3v) is 6.06. The lowest BCUT2D eigenvalue weighted by atomic mass is 9.95. The van der Waals surface area contributed by atoms with Gasteiger partial charge in [-0.1, -0.05) is 0 Å². The molecule has 1 atom stereocenters. The summed E-state index contributed by atoms with van der Waals surface area (Å²) in [4.78, 5) is 23.6. The van der Waals surface area contributed by atoms with Crippen LogP contribution in [0.5, 0.6) is 0 Å². The van der Waals surface area contributed by atoms with Crippen LogP contribution >= 0.6 is 0 Å². The number of hydrogen-bond donors (Lipinski definition) is 0. The smallest absolute Gasteiger partial charge is 0.266 e. The molecule has 8 heteroatoms. The molecule has 0 saturated carbocycles. The molecule has 0 bridgehead atoms. The van der Waals surface area contributed by atoms with Crippen molar-refractivity contribution in [1.29, 1.82) is 5.26 Å². The molecule has 30 heavy (non-hydrogen) atoms. The highest BCUT2D eigenvalue weighted by atomic mass is 16.1. The molecule has 5 rings (SSSR count). The number of hydrogen-bond acceptors (Lipinski definition) is 6. The highest BCUT2D eigenvalue weighted by molar-refractivity contribution is 5.57. The maximum absolute atomic E-state index is 12.5. The van der Waals surface area contributed by atoms with Gasteiger partial charge in [-0.3, -0.25) is 9.36 Å². The van der Waals surface area contributed by atoms with Gasteiger partial charge in [0.2, 0.25) is 0 Å². The number of rotatable bonds is 4. The van der Waals surface area contributed by atoms with E-state index in [2.05, 4.69) is 21.1 Å². The molecule has 3 aromatic rings. The van der Waals surface area contributed by atoms with Crippen LogP contribution in [0.2, 0.25) is 0 Å². The minimum absolute atomic E-state index is 0.0782. The molecule has 0 radical (unpaired) electrons. The maximum atomic E-state index is 12.5. The zero-order valence-electron chi connectivity index (χ0n) is 16.7. The van der Waals surface area contributed by atoms with Crippen molar-refractivity contribution in [3.63, 3.8) is 0 Å². The Balaban J connectivity index is 1.46. The van der Waals surface area contributed by atoms with Crippen molar-refractivity contribution in [1.82, 2.24) is 24.3 Å². The second-order valence-corrected chi connectivity index (χ2v) is 7.96. The van der Waals surface area contributed by atoms with Gasteiger partial charge in [0.1, 0.15) is 18.2 Å². The average molecular weight is 401 g/mol. The van der Waals surface area contributed by atoms with Crippen LogP contribution in [0, 0.1) is 11.3 Å². The first-order valence-electron chi connectivity index (χ1n) is 10.5. The second-order valence-electron chi connectivity index (χ2n) is 7.96. The van der Waals surface area contributed by atoms with Crippen LogP contribution in [0.1, 0.15) is 42.5 Å². The molecule has 3 aromatic heterocycles. The first kappa shape index (κ1) is 18.6. The summed E-state index contributed by atoms with van der Waals surface area (Å²) in [5.74, 6) is 1.42. The predicted molar refractivity (Wildman–Crippen MR) is 112 cm³/mol. The van der Waals surface area contributed by atoms with Gasteiger partial charge in [-0.25, -0.2) is 14.6 Å². The molecule has 0 N–H and O–H groups in total. The van der Waals surface area contributed by atoms with Crippen LogP contribution in [0.3, 0.4) is 0 Å². The Morgan fingerprint density at radius 2 is 2.10 bits per heavy atom. The molecule has 2 aliphatic rings. The summed E-state index contributed by atoms with van der Waals surface area (Å²) in [6.07, 6.45) is 11.4. The zero-order chi connectivity index (χ0) is 20.5. The lowest BCUT2D eigenvalue weighted by molar-refractivity contribution is 0.484. The summed E-state index contributed by atoms with van der Waals surface area (Å²) < 4.78 is 3.30. The molecular formula is C22H23N7O. The van der Waals surface area contributed by atoms with Crippen molar-refractivity contribution in [2.24, 2.45) is 0 Å². The minimum Gasteiger partial charge on any atom is -0.351 e. The van der Waals surface area contributed by atoms with Gasteiger partial charge in [-0.2, -0.15) is 10.4 Å². The summed E-state index contributed by atoms with van der Waals surface area (Å²) in [6, 6.07) is 7.69. The molecular weight excluding hydrogens is 378 g/mol. The number of nitrogens with zero attached hydrogens (tertiary/aromatic N) is 7. The first-order valence-corrected chi connectivity index (χ1v) is 10.5. The fourth-order valence-electron chi connectivity index (χ4n) is 4.53. The number of nitriles is 1. The molecule has 8 nitrogen and oxygen atoms in total. The van der Waals surface area contributed by atoms with Crippen molar-refractivity contribution in [3.8, 4) is 11.9 Å². The van der Waals surface area contributed by atoms with Crippen LogP contribution in [0.4, 0.5) is 5.82 Å². The number of aromatic nitrogens is 5. The summed E-state index contributed by atoms with van der Waals surface area (Å²) >= 11 is 0. The van der Waals surface area contributed by atoms with E-state index in [-0.39, 0.29) is 11.6 Å². The average Bonchev–Trinajstić information content (AvgIpc) is 3.46. The van der Waals surface area contributed by atoms with E-state index in [1.54, 1.807) is 35.4 Å². The molecule has 1 fully saturated rings. The Labute approximate surface area is 174 Å². The SMILES string of the molecule is N#Cc1cc2c(nc1N1CCCC1Cn1nc(-n3ccnc3)ccc1=O)CCCC2. The Morgan fingerprint density at radius 3 is 2.93 bits per heavy atom. The van der Waals surface area contributed by atoms with E-state index in [1.807, 2.05) is 6.07 Å². The Morgan fingerprint density at radius 1 is 1.20 bits per heavy atom. The zero-order valence-corrected chi connectivity index (χ0v) is 16.7. The van der Waals surface area contributed by atoms with Crippen LogP contribution < -0.4 is 10.5 Å². The molecule has 0 aromatic carbocycles. The maximum Gasteiger partial charge on any atom is 0.266 e. The van der Waals surface area contributed by atoms with E-state index in [9.17, 15) is 10.1 Å². The first-order chi connectivity index (χ1) is 14.7. The van der Waals surface area contributed by atoms with Crippen LogP contribution in [0.15, 0.2) is 41.7 Å². The third-order valence-electron chi connectivity index (χ3n) is 6.06. The molecule has 152 valence electrons. The van der Waals surface area contributed by atoms with Gasteiger partial charge in [-0.15, -0.1) is 0 Å². The van der Waals surface area contributed by atoms with Crippen molar-refractivity contribution >= 4 is 5.82 Å². The molecule has 0 spiro atoms. The fourth-order valence-corrected chi connectivity index (χ4v) is 4.53. The second kappa shape index (κ2) is 7.75. The highest BCUT2D eigenvalue weighted by Crippen LogP contribution is 2.31. The lowest BCUT2D eigenvalue weighted by Gasteiger charge is -2.28. The normalized spacial score (nSPS) is 18.2. The Kier molecular flexibility index (Phi) is 4.79. The van der Waals surface area contributed by atoms with Gasteiger partial charge in [0, 0.05) is 30.7 Å². The van der Waals surface area contributed by atoms with E-state index in [4.69, 9.17) is 4.98 Å². The van der Waals surface area contributed by atoms with Crippen molar-refractivity contribution in [2.45, 2.75) is 51.1 Å². The topological polar surface area (TPSA) is 92.6 Å². The minimum atomic E-state index is -0.135. The number of fused-ring (bicyclic) bond motifs is 1. The van der Waals surface area contributed by atoms with Gasteiger partial charge >= 0.3 is 0 Å². The molecule has 1 unspecified atom stereocenters. The summed E-state index contributed by atoms with van der Waals surface area (Å²) in [7, 11) is 0. The van der Waals surface area contributed by atoms with Crippen molar-refractivity contribution in [3.05, 3.63) is 64.1 Å². The van der Waals surface area contributed by atoms with E-state index in [0.29, 0.717) is 17.9 Å². The molecule has 4 heterocycles. The quantitative estimate of drug-likeness (QED) is 0.666. The van der Waals surface area contributed by atoms with Crippen molar-refractivity contribution in [2.75, 3.05) is 11.4 Å². The van der Waals surface area contributed by atoms with Gasteiger partial charge in [0.05, 0.1) is 18.2 Å². The summed E-state index contributed by atoms with van der Waals surface area (Å²) in [5, 5.41) is 14.3. The summed E-state index contributed by atoms with van der Waals surface area (Å²) in [6.45, 7) is 1.30. The Bertz CT molecular complexity index is 1160.